The van der Waals surface area contributed by atoms with Crippen molar-refractivity contribution >= 4 is 46.9 Å². The van der Waals surface area contributed by atoms with Crippen molar-refractivity contribution in [2.45, 2.75) is 19.8 Å². The summed E-state index contributed by atoms with van der Waals surface area (Å²) in [4.78, 5) is 34.5. The summed E-state index contributed by atoms with van der Waals surface area (Å²) in [5, 5.41) is 18.3. The van der Waals surface area contributed by atoms with Gasteiger partial charge in [0.1, 0.15) is 17.3 Å². The number of rotatable bonds is 11. The smallest absolute Gasteiger partial charge is 0.273 e. The highest BCUT2D eigenvalue weighted by Crippen LogP contribution is 2.30. The van der Waals surface area contributed by atoms with Gasteiger partial charge in [0, 0.05) is 28.6 Å². The van der Waals surface area contributed by atoms with Gasteiger partial charge >= 0.3 is 0 Å². The third kappa shape index (κ3) is 7.56. The van der Waals surface area contributed by atoms with Crippen LogP contribution in [0.25, 0.3) is 11.3 Å². The molecular weight excluding hydrogens is 511 g/mol. The maximum absolute atomic E-state index is 11.9. The van der Waals surface area contributed by atoms with Crippen LogP contribution in [0.3, 0.4) is 0 Å². The van der Waals surface area contributed by atoms with Crippen molar-refractivity contribution in [1.29, 1.82) is 0 Å². The second kappa shape index (κ2) is 12.7. The molecule has 12 heteroatoms. The van der Waals surface area contributed by atoms with Gasteiger partial charge in [-0.05, 0) is 43.7 Å². The molecule has 36 heavy (non-hydrogen) atoms. The molecule has 10 nitrogen and oxygen atoms in total. The summed E-state index contributed by atoms with van der Waals surface area (Å²) in [6.45, 7) is 1.66. The van der Waals surface area contributed by atoms with Gasteiger partial charge in [-0.15, -0.1) is 0 Å². The topological polar surface area (TPSA) is 136 Å². The average Bonchev–Trinajstić information content (AvgIpc) is 3.30. The second-order valence-electron chi connectivity index (χ2n) is 7.51. The first-order valence-corrected chi connectivity index (χ1v) is 11.5. The summed E-state index contributed by atoms with van der Waals surface area (Å²) in [7, 11) is 0. The van der Waals surface area contributed by atoms with Crippen LogP contribution in [0.2, 0.25) is 10.0 Å². The summed E-state index contributed by atoms with van der Waals surface area (Å²) < 4.78 is 11.2. The van der Waals surface area contributed by atoms with E-state index in [1.807, 2.05) is 0 Å². The quantitative estimate of drug-likeness (QED) is 0.156. The van der Waals surface area contributed by atoms with Crippen molar-refractivity contribution in [3.05, 3.63) is 80.0 Å². The molecule has 0 aliphatic rings. The fourth-order valence-electron chi connectivity index (χ4n) is 3.14. The van der Waals surface area contributed by atoms with Gasteiger partial charge in [-0.2, -0.15) is 5.10 Å². The monoisotopic (exact) mass is 532 g/mol. The molecule has 0 saturated carbocycles. The number of nitro benzene ring substituents is 1. The predicted octanol–water partition coefficient (Wildman–Crippen LogP) is 4.90. The summed E-state index contributed by atoms with van der Waals surface area (Å²) in [5.74, 6) is 0.398. The molecule has 0 spiro atoms. The van der Waals surface area contributed by atoms with Crippen molar-refractivity contribution in [3.8, 4) is 17.1 Å². The van der Waals surface area contributed by atoms with Crippen LogP contribution < -0.4 is 15.5 Å². The van der Waals surface area contributed by atoms with Crippen molar-refractivity contribution < 1.29 is 23.7 Å². The Balaban J connectivity index is 1.38. The lowest BCUT2D eigenvalue weighted by atomic mass is 10.1. The number of ether oxygens (including phenoxy) is 1. The van der Waals surface area contributed by atoms with Gasteiger partial charge in [0.2, 0.25) is 5.91 Å². The van der Waals surface area contributed by atoms with Crippen molar-refractivity contribution in [3.63, 3.8) is 0 Å². The van der Waals surface area contributed by atoms with Crippen LogP contribution >= 0.6 is 23.2 Å². The van der Waals surface area contributed by atoms with Gasteiger partial charge < -0.3 is 14.5 Å². The molecule has 188 valence electrons. The first kappa shape index (κ1) is 26.7. The Kier molecular flexibility index (Phi) is 9.43. The van der Waals surface area contributed by atoms with Crippen LogP contribution in [0.5, 0.6) is 5.75 Å². The first-order chi connectivity index (χ1) is 17.2. The van der Waals surface area contributed by atoms with E-state index in [-0.39, 0.29) is 31.2 Å². The number of nitro groups is 1. The first-order valence-electron chi connectivity index (χ1n) is 10.7. The number of hydrogen-bond donors (Lipinski definition) is 2. The van der Waals surface area contributed by atoms with Gasteiger partial charge in [-0.3, -0.25) is 19.7 Å². The largest absolute Gasteiger partial charge is 0.492 e. The molecule has 2 aromatic carbocycles. The summed E-state index contributed by atoms with van der Waals surface area (Å²) in [5.41, 5.74) is 3.34. The van der Waals surface area contributed by atoms with Crippen molar-refractivity contribution in [2.24, 2.45) is 5.10 Å². The van der Waals surface area contributed by atoms with Crippen LogP contribution in [0.15, 0.2) is 58.0 Å². The van der Waals surface area contributed by atoms with Crippen LogP contribution in [0.1, 0.15) is 24.2 Å². The van der Waals surface area contributed by atoms with Gasteiger partial charge in [0.25, 0.3) is 11.6 Å². The molecule has 0 bridgehead atoms. The summed E-state index contributed by atoms with van der Waals surface area (Å²) in [6.07, 6.45) is 1.87. The molecule has 0 aliphatic heterocycles. The van der Waals surface area contributed by atoms with Crippen LogP contribution in [-0.2, 0) is 9.59 Å². The number of carbonyl (C=O) groups is 2. The molecule has 0 saturated heterocycles. The third-order valence-corrected chi connectivity index (χ3v) is 5.45. The third-order valence-electron chi connectivity index (χ3n) is 4.92. The summed E-state index contributed by atoms with van der Waals surface area (Å²) in [6, 6.07) is 12.8. The molecule has 3 aromatic rings. The number of furan rings is 1. The number of carbonyl (C=O) groups excluding carboxylic acids is 2. The maximum Gasteiger partial charge on any atom is 0.273 e. The minimum Gasteiger partial charge on any atom is -0.492 e. The lowest BCUT2D eigenvalue weighted by Crippen LogP contribution is -2.34. The average molecular weight is 533 g/mol. The van der Waals surface area contributed by atoms with E-state index in [0.717, 1.165) is 0 Å². The number of halogens is 2. The summed E-state index contributed by atoms with van der Waals surface area (Å²) >= 11 is 11.8. The molecule has 2 amide bonds. The molecule has 1 aromatic heterocycles. The molecule has 3 rings (SSSR count). The van der Waals surface area contributed by atoms with Gasteiger partial charge in [0.05, 0.1) is 29.3 Å². The zero-order valence-corrected chi connectivity index (χ0v) is 20.6. The Labute approximate surface area is 216 Å². The Morgan fingerprint density at radius 2 is 1.97 bits per heavy atom. The van der Waals surface area contributed by atoms with Crippen molar-refractivity contribution in [1.82, 2.24) is 10.7 Å². The molecule has 0 atom stereocenters. The maximum atomic E-state index is 11.9. The van der Waals surface area contributed by atoms with E-state index in [1.165, 1.54) is 12.3 Å². The fraction of sp³-hybridized carbons (Fsp3) is 0.208. The van der Waals surface area contributed by atoms with E-state index in [1.54, 1.807) is 49.4 Å². The second-order valence-corrected chi connectivity index (χ2v) is 8.35. The van der Waals surface area contributed by atoms with Gasteiger partial charge in [-0.1, -0.05) is 35.3 Å². The Morgan fingerprint density at radius 1 is 1.17 bits per heavy atom. The lowest BCUT2D eigenvalue weighted by Gasteiger charge is -2.08. The van der Waals surface area contributed by atoms with Crippen LogP contribution in [0, 0.1) is 17.0 Å². The number of hydrazone groups is 1. The lowest BCUT2D eigenvalue weighted by molar-refractivity contribution is -0.385. The van der Waals surface area contributed by atoms with Crippen molar-refractivity contribution in [2.75, 3.05) is 13.2 Å². The van der Waals surface area contributed by atoms with Crippen LogP contribution in [-0.4, -0.2) is 36.1 Å². The Hall–Kier alpha value is -3.89. The van der Waals surface area contributed by atoms with E-state index in [2.05, 4.69) is 15.8 Å². The zero-order valence-electron chi connectivity index (χ0n) is 19.1. The normalized spacial score (nSPS) is 10.9. The highest BCUT2D eigenvalue weighted by atomic mass is 35.5. The fourth-order valence-corrected chi connectivity index (χ4v) is 3.60. The van der Waals surface area contributed by atoms with E-state index in [0.29, 0.717) is 44.9 Å². The number of nitrogens with zero attached hydrogens (tertiary/aromatic N) is 2. The van der Waals surface area contributed by atoms with E-state index < -0.39 is 10.8 Å². The molecule has 0 fully saturated rings. The number of hydrogen-bond acceptors (Lipinski definition) is 7. The molecular formula is C24H22Cl2N4O6. The van der Waals surface area contributed by atoms with E-state index in [4.69, 9.17) is 32.4 Å². The van der Waals surface area contributed by atoms with Crippen LogP contribution in [0.4, 0.5) is 5.69 Å². The molecule has 0 unspecified atom stereocenters. The molecule has 2 N–H and O–H groups in total. The predicted molar refractivity (Wildman–Crippen MR) is 135 cm³/mol. The van der Waals surface area contributed by atoms with E-state index in [9.17, 15) is 19.7 Å². The van der Waals surface area contributed by atoms with E-state index >= 15 is 0 Å². The number of nitrogens with one attached hydrogen (secondary N) is 2. The molecule has 1 heterocycles. The Bertz CT molecular complexity index is 1290. The SMILES string of the molecule is Cc1c(-c2ccc(/C=N\NC(=O)CNC(=O)CCCOc3ccc(Cl)cc3Cl)o2)cccc1[N+](=O)[O-]. The van der Waals surface area contributed by atoms with Gasteiger partial charge in [0.15, 0.2) is 0 Å². The standard InChI is InChI=1S/C24H22Cl2N4O6/c1-15-18(4-2-5-20(15)30(33)34)21-10-8-17(36-21)13-28-29-24(32)14-27-23(31)6-3-11-35-22-9-7-16(25)12-19(22)26/h2,4-5,7-10,12-13H,3,6,11,14H2,1H3,(H,27,31)(H,29,32)/b28-13-. The number of benzene rings is 2. The highest BCUT2D eigenvalue weighted by Gasteiger charge is 2.16. The zero-order chi connectivity index (χ0) is 26.1. The molecule has 0 aliphatic carbocycles. The van der Waals surface area contributed by atoms with Gasteiger partial charge in [-0.25, -0.2) is 5.43 Å². The Morgan fingerprint density at radius 3 is 2.72 bits per heavy atom. The molecule has 0 radical (unpaired) electrons. The minimum atomic E-state index is -0.523. The minimum absolute atomic E-state index is 0.00749. The highest BCUT2D eigenvalue weighted by molar-refractivity contribution is 6.35. The number of amides is 2.